The van der Waals surface area contributed by atoms with Gasteiger partial charge in [0, 0.05) is 30.9 Å². The van der Waals surface area contributed by atoms with E-state index in [1.807, 2.05) is 54.7 Å². The van der Waals surface area contributed by atoms with Gasteiger partial charge >= 0.3 is 0 Å². The lowest BCUT2D eigenvalue weighted by molar-refractivity contribution is 0.0724. The number of nitrogens with zero attached hydrogens (tertiary/aromatic N) is 4. The minimum absolute atomic E-state index is 0.00861. The van der Waals surface area contributed by atoms with Crippen molar-refractivity contribution < 1.29 is 4.79 Å². The summed E-state index contributed by atoms with van der Waals surface area (Å²) in [6.45, 7) is 4.60. The minimum Gasteiger partial charge on any atom is -0.330 e. The molecule has 0 bridgehead atoms. The Bertz CT molecular complexity index is 937. The molecular formula is C20H23N5O. The average Bonchev–Trinajstić information content (AvgIpc) is 3.31. The molecule has 0 atom stereocenters. The number of carbonyl (C=O) groups excluding carboxylic acids is 1. The Labute approximate surface area is 152 Å². The first-order valence-corrected chi connectivity index (χ1v) is 8.95. The van der Waals surface area contributed by atoms with Gasteiger partial charge < -0.3 is 4.90 Å². The highest BCUT2D eigenvalue weighted by molar-refractivity contribution is 5.94. The second kappa shape index (κ2) is 6.44. The van der Waals surface area contributed by atoms with Crippen LogP contribution < -0.4 is 0 Å². The molecule has 6 nitrogen and oxygen atoms in total. The van der Waals surface area contributed by atoms with Gasteiger partial charge in [0.1, 0.15) is 5.69 Å². The summed E-state index contributed by atoms with van der Waals surface area (Å²) < 4.78 is 1.84. The molecule has 0 unspecified atom stereocenters. The molecule has 1 fully saturated rings. The maximum absolute atomic E-state index is 13.1. The van der Waals surface area contributed by atoms with Crippen molar-refractivity contribution in [3.05, 3.63) is 59.0 Å². The van der Waals surface area contributed by atoms with Crippen LogP contribution >= 0.6 is 0 Å². The first-order chi connectivity index (χ1) is 12.5. The third-order valence-corrected chi connectivity index (χ3v) is 5.02. The number of H-pyrrole nitrogens is 1. The predicted octanol–water partition coefficient (Wildman–Crippen LogP) is 3.23. The average molecular weight is 349 g/mol. The molecule has 6 heteroatoms. The molecule has 1 aliphatic carbocycles. The second-order valence-corrected chi connectivity index (χ2v) is 6.99. The van der Waals surface area contributed by atoms with Crippen molar-refractivity contribution in [1.82, 2.24) is 24.9 Å². The Morgan fingerprint density at radius 1 is 1.27 bits per heavy atom. The molecular weight excluding hydrogens is 326 g/mol. The largest absolute Gasteiger partial charge is 0.330 e. The Morgan fingerprint density at radius 2 is 2.00 bits per heavy atom. The highest BCUT2D eigenvalue weighted by atomic mass is 16.2. The number of amides is 1. The van der Waals surface area contributed by atoms with E-state index in [9.17, 15) is 4.79 Å². The highest BCUT2D eigenvalue weighted by Gasteiger charge is 2.34. The van der Waals surface area contributed by atoms with Crippen LogP contribution in [-0.4, -0.2) is 36.8 Å². The lowest BCUT2D eigenvalue weighted by Gasteiger charge is -2.21. The van der Waals surface area contributed by atoms with Gasteiger partial charge in [0.15, 0.2) is 0 Å². The fourth-order valence-corrected chi connectivity index (χ4v) is 3.39. The van der Waals surface area contributed by atoms with Gasteiger partial charge in [-0.3, -0.25) is 14.6 Å². The van der Waals surface area contributed by atoms with Gasteiger partial charge in [0.2, 0.25) is 0 Å². The van der Waals surface area contributed by atoms with Gasteiger partial charge in [-0.15, -0.1) is 0 Å². The molecule has 2 heterocycles. The summed E-state index contributed by atoms with van der Waals surface area (Å²) in [5.41, 5.74) is 5.39. The fourth-order valence-electron chi connectivity index (χ4n) is 3.39. The van der Waals surface area contributed by atoms with Gasteiger partial charge in [-0.05, 0) is 38.3 Å². The molecule has 1 aliphatic rings. The Balaban J connectivity index is 1.60. The Hall–Kier alpha value is -2.89. The van der Waals surface area contributed by atoms with Gasteiger partial charge in [0.25, 0.3) is 5.91 Å². The van der Waals surface area contributed by atoms with Crippen LogP contribution in [0.3, 0.4) is 0 Å². The van der Waals surface area contributed by atoms with E-state index in [1.165, 1.54) is 0 Å². The molecule has 1 amide bonds. The Morgan fingerprint density at radius 3 is 2.62 bits per heavy atom. The van der Waals surface area contributed by atoms with E-state index in [4.69, 9.17) is 0 Å². The summed E-state index contributed by atoms with van der Waals surface area (Å²) in [4.78, 5) is 15.0. The van der Waals surface area contributed by atoms with Crippen LogP contribution in [0, 0.1) is 13.8 Å². The maximum Gasteiger partial charge on any atom is 0.272 e. The van der Waals surface area contributed by atoms with Crippen molar-refractivity contribution >= 4 is 5.91 Å². The Kier molecular flexibility index (Phi) is 4.11. The van der Waals surface area contributed by atoms with Crippen LogP contribution in [0.4, 0.5) is 0 Å². The number of carbonyl (C=O) groups is 1. The quantitative estimate of drug-likeness (QED) is 0.769. The van der Waals surface area contributed by atoms with E-state index >= 15 is 0 Å². The zero-order valence-corrected chi connectivity index (χ0v) is 15.4. The molecule has 0 aliphatic heterocycles. The SMILES string of the molecule is Cc1nn(C)c(C)c1-c1cc(C(=O)N(Cc2ccccc2)C2CC2)[nH]n1. The molecule has 26 heavy (non-hydrogen) atoms. The number of aromatic nitrogens is 4. The van der Waals surface area contributed by atoms with E-state index < -0.39 is 0 Å². The van der Waals surface area contributed by atoms with Crippen LogP contribution in [0.15, 0.2) is 36.4 Å². The molecule has 0 radical (unpaired) electrons. The third kappa shape index (κ3) is 3.03. The first kappa shape index (κ1) is 16.6. The monoisotopic (exact) mass is 349 g/mol. The zero-order valence-electron chi connectivity index (χ0n) is 15.4. The van der Waals surface area contributed by atoms with Crippen molar-refractivity contribution in [2.45, 2.75) is 39.3 Å². The van der Waals surface area contributed by atoms with Crippen molar-refractivity contribution in [3.63, 3.8) is 0 Å². The molecule has 134 valence electrons. The van der Waals surface area contributed by atoms with E-state index in [0.717, 1.165) is 41.1 Å². The number of hydrogen-bond acceptors (Lipinski definition) is 3. The summed E-state index contributed by atoms with van der Waals surface area (Å²) in [7, 11) is 1.92. The lowest BCUT2D eigenvalue weighted by Crippen LogP contribution is -2.32. The van der Waals surface area contributed by atoms with Crippen molar-refractivity contribution in [2.24, 2.45) is 7.05 Å². The summed E-state index contributed by atoms with van der Waals surface area (Å²) in [5.74, 6) is 0.00861. The fraction of sp³-hybridized carbons (Fsp3) is 0.350. The number of rotatable bonds is 5. The number of aryl methyl sites for hydroxylation is 2. The lowest BCUT2D eigenvalue weighted by atomic mass is 10.1. The van der Waals surface area contributed by atoms with E-state index in [2.05, 4.69) is 27.4 Å². The summed E-state index contributed by atoms with van der Waals surface area (Å²) >= 11 is 0. The predicted molar refractivity (Wildman–Crippen MR) is 99.6 cm³/mol. The van der Waals surface area contributed by atoms with Crippen LogP contribution in [0.1, 0.15) is 40.3 Å². The van der Waals surface area contributed by atoms with E-state index in [1.54, 1.807) is 0 Å². The summed E-state index contributed by atoms with van der Waals surface area (Å²) in [5, 5.41) is 11.8. The maximum atomic E-state index is 13.1. The van der Waals surface area contributed by atoms with Crippen molar-refractivity contribution in [1.29, 1.82) is 0 Å². The normalized spacial score (nSPS) is 13.8. The van der Waals surface area contributed by atoms with Crippen LogP contribution in [0.5, 0.6) is 0 Å². The highest BCUT2D eigenvalue weighted by Crippen LogP contribution is 2.31. The zero-order chi connectivity index (χ0) is 18.3. The molecule has 1 aromatic carbocycles. The topological polar surface area (TPSA) is 66.8 Å². The second-order valence-electron chi connectivity index (χ2n) is 6.99. The third-order valence-electron chi connectivity index (χ3n) is 5.02. The smallest absolute Gasteiger partial charge is 0.272 e. The number of nitrogens with one attached hydrogen (secondary N) is 1. The van der Waals surface area contributed by atoms with Gasteiger partial charge in [0.05, 0.1) is 11.4 Å². The summed E-state index contributed by atoms with van der Waals surface area (Å²) in [6, 6.07) is 12.3. The van der Waals surface area contributed by atoms with Crippen LogP contribution in [0.25, 0.3) is 11.3 Å². The van der Waals surface area contributed by atoms with E-state index in [-0.39, 0.29) is 5.91 Å². The molecule has 2 aromatic heterocycles. The van der Waals surface area contributed by atoms with Crippen molar-refractivity contribution in [3.8, 4) is 11.3 Å². The number of hydrogen-bond donors (Lipinski definition) is 1. The molecule has 0 spiro atoms. The van der Waals surface area contributed by atoms with Gasteiger partial charge in [-0.2, -0.15) is 10.2 Å². The van der Waals surface area contributed by atoms with Crippen molar-refractivity contribution in [2.75, 3.05) is 0 Å². The van der Waals surface area contributed by atoms with Gasteiger partial charge in [-0.1, -0.05) is 30.3 Å². The molecule has 3 aromatic rings. The molecule has 0 saturated heterocycles. The summed E-state index contributed by atoms with van der Waals surface area (Å²) in [6.07, 6.45) is 2.14. The number of aromatic amines is 1. The van der Waals surface area contributed by atoms with Crippen LogP contribution in [0.2, 0.25) is 0 Å². The number of benzene rings is 1. The molecule has 4 rings (SSSR count). The molecule has 1 N–H and O–H groups in total. The standard InChI is InChI=1S/C20H23N5O/c1-13-19(14(2)24(3)23-13)17-11-18(22-21-17)20(26)25(16-9-10-16)12-15-7-5-4-6-8-15/h4-8,11,16H,9-10,12H2,1-3H3,(H,21,22). The van der Waals surface area contributed by atoms with Gasteiger partial charge in [-0.25, -0.2) is 0 Å². The van der Waals surface area contributed by atoms with E-state index in [0.29, 0.717) is 18.3 Å². The molecule has 1 saturated carbocycles. The minimum atomic E-state index is 0.00861. The first-order valence-electron chi connectivity index (χ1n) is 8.95. The van der Waals surface area contributed by atoms with Crippen LogP contribution in [-0.2, 0) is 13.6 Å².